The number of hydrogen-bond acceptors (Lipinski definition) is 3. The maximum absolute atomic E-state index is 12.2. The van der Waals surface area contributed by atoms with Crippen molar-refractivity contribution in [3.8, 4) is 0 Å². The number of nitrogens with zero attached hydrogens (tertiary/aromatic N) is 2. The molecule has 1 amide bonds. The molecule has 21 heavy (non-hydrogen) atoms. The maximum atomic E-state index is 12.2. The second kappa shape index (κ2) is 8.17. The Balaban J connectivity index is 1.91. The van der Waals surface area contributed by atoms with Gasteiger partial charge in [-0.25, -0.2) is 0 Å². The number of aliphatic hydroxyl groups is 1. The number of β-amino-alcohol motifs (C(OH)–C–C–N with tert-alkyl or cyclic N) is 1. The topological polar surface area (TPSA) is 43.8 Å². The molecular formula is C16H21ClN2O2. The van der Waals surface area contributed by atoms with E-state index in [0.717, 1.165) is 31.6 Å². The Labute approximate surface area is 130 Å². The third-order valence-electron chi connectivity index (χ3n) is 3.58. The van der Waals surface area contributed by atoms with Crippen molar-refractivity contribution in [1.29, 1.82) is 0 Å². The van der Waals surface area contributed by atoms with Crippen molar-refractivity contribution < 1.29 is 9.90 Å². The van der Waals surface area contributed by atoms with Crippen LogP contribution < -0.4 is 0 Å². The first kappa shape index (κ1) is 16.0. The molecule has 0 aliphatic carbocycles. The number of rotatable bonds is 4. The van der Waals surface area contributed by atoms with Crippen LogP contribution in [0.2, 0.25) is 5.02 Å². The van der Waals surface area contributed by atoms with E-state index < -0.39 is 0 Å². The van der Waals surface area contributed by atoms with Crippen molar-refractivity contribution in [2.24, 2.45) is 0 Å². The van der Waals surface area contributed by atoms with E-state index >= 15 is 0 Å². The molecule has 0 aromatic heterocycles. The average molecular weight is 309 g/mol. The van der Waals surface area contributed by atoms with Crippen LogP contribution in [0.25, 0.3) is 6.08 Å². The first-order chi connectivity index (χ1) is 10.2. The second-order valence-electron chi connectivity index (χ2n) is 5.13. The van der Waals surface area contributed by atoms with Gasteiger partial charge in [0.15, 0.2) is 0 Å². The van der Waals surface area contributed by atoms with Gasteiger partial charge >= 0.3 is 0 Å². The Morgan fingerprint density at radius 2 is 2.14 bits per heavy atom. The third-order valence-corrected chi connectivity index (χ3v) is 3.82. The van der Waals surface area contributed by atoms with Gasteiger partial charge in [-0.3, -0.25) is 9.69 Å². The summed E-state index contributed by atoms with van der Waals surface area (Å²) in [6.07, 6.45) is 4.34. The quantitative estimate of drug-likeness (QED) is 0.864. The fourth-order valence-electron chi connectivity index (χ4n) is 2.44. The zero-order chi connectivity index (χ0) is 15.1. The molecule has 114 valence electrons. The molecule has 1 fully saturated rings. The molecule has 1 aromatic carbocycles. The van der Waals surface area contributed by atoms with Crippen molar-refractivity contribution >= 4 is 23.6 Å². The highest BCUT2D eigenvalue weighted by molar-refractivity contribution is 6.30. The highest BCUT2D eigenvalue weighted by Gasteiger charge is 2.16. The number of benzene rings is 1. The van der Waals surface area contributed by atoms with E-state index in [1.807, 2.05) is 29.2 Å². The van der Waals surface area contributed by atoms with Crippen LogP contribution in [0.1, 0.15) is 12.0 Å². The smallest absolute Gasteiger partial charge is 0.246 e. The third kappa shape index (κ3) is 5.16. The highest BCUT2D eigenvalue weighted by Crippen LogP contribution is 2.12. The molecule has 1 aromatic rings. The number of carbonyl (C=O) groups is 1. The van der Waals surface area contributed by atoms with Crippen LogP contribution in [-0.2, 0) is 4.79 Å². The summed E-state index contributed by atoms with van der Waals surface area (Å²) >= 11 is 5.92. The Morgan fingerprint density at radius 1 is 1.29 bits per heavy atom. The lowest BCUT2D eigenvalue weighted by Crippen LogP contribution is -2.35. The van der Waals surface area contributed by atoms with E-state index in [2.05, 4.69) is 4.90 Å². The molecule has 5 heteroatoms. The van der Waals surface area contributed by atoms with Gasteiger partial charge in [0.2, 0.25) is 5.91 Å². The average Bonchev–Trinajstić information content (AvgIpc) is 2.71. The number of halogens is 1. The molecule has 1 heterocycles. The SMILES string of the molecule is O=C(C=Cc1cccc(Cl)c1)N1CCCN(CCO)CC1. The van der Waals surface area contributed by atoms with Crippen LogP contribution in [-0.4, -0.2) is 60.1 Å². The molecule has 2 rings (SSSR count). The van der Waals surface area contributed by atoms with Crippen molar-refractivity contribution in [3.05, 3.63) is 40.9 Å². The fraction of sp³-hybridized carbons (Fsp3) is 0.438. The maximum Gasteiger partial charge on any atom is 0.246 e. The summed E-state index contributed by atoms with van der Waals surface area (Å²) < 4.78 is 0. The van der Waals surface area contributed by atoms with Crippen molar-refractivity contribution in [3.63, 3.8) is 0 Å². The minimum atomic E-state index is 0.0285. The molecular weight excluding hydrogens is 288 g/mol. The Kier molecular flexibility index (Phi) is 6.23. The molecule has 1 aliphatic rings. The normalized spacial score (nSPS) is 17.1. The molecule has 0 spiro atoms. The molecule has 0 atom stereocenters. The van der Waals surface area contributed by atoms with Gasteiger partial charge in [0.05, 0.1) is 6.61 Å². The molecule has 0 radical (unpaired) electrons. The first-order valence-electron chi connectivity index (χ1n) is 7.25. The predicted molar refractivity (Wildman–Crippen MR) is 85.2 cm³/mol. The summed E-state index contributed by atoms with van der Waals surface area (Å²) in [5, 5.41) is 9.64. The fourth-order valence-corrected chi connectivity index (χ4v) is 2.64. The molecule has 0 bridgehead atoms. The lowest BCUT2D eigenvalue weighted by atomic mass is 10.2. The summed E-state index contributed by atoms with van der Waals surface area (Å²) in [5.74, 6) is 0.0285. The lowest BCUT2D eigenvalue weighted by Gasteiger charge is -2.20. The Bertz CT molecular complexity index is 505. The van der Waals surface area contributed by atoms with E-state index in [0.29, 0.717) is 18.1 Å². The van der Waals surface area contributed by atoms with Crippen LogP contribution >= 0.6 is 11.6 Å². The molecule has 4 nitrogen and oxygen atoms in total. The van der Waals surface area contributed by atoms with Gasteiger partial charge in [0.1, 0.15) is 0 Å². The van der Waals surface area contributed by atoms with Gasteiger partial charge in [0, 0.05) is 37.3 Å². The summed E-state index contributed by atoms with van der Waals surface area (Å²) in [7, 11) is 0. The zero-order valence-electron chi connectivity index (χ0n) is 12.0. The minimum absolute atomic E-state index is 0.0285. The molecule has 1 N–H and O–H groups in total. The van der Waals surface area contributed by atoms with E-state index in [1.165, 1.54) is 0 Å². The van der Waals surface area contributed by atoms with Crippen LogP contribution in [0.4, 0.5) is 0 Å². The summed E-state index contributed by atoms with van der Waals surface area (Å²) in [6, 6.07) is 7.42. The highest BCUT2D eigenvalue weighted by atomic mass is 35.5. The summed E-state index contributed by atoms with van der Waals surface area (Å²) in [4.78, 5) is 16.3. The van der Waals surface area contributed by atoms with E-state index in [9.17, 15) is 4.79 Å². The van der Waals surface area contributed by atoms with Gasteiger partial charge in [-0.15, -0.1) is 0 Å². The molecule has 0 saturated carbocycles. The van der Waals surface area contributed by atoms with Gasteiger partial charge in [-0.2, -0.15) is 0 Å². The Hall–Kier alpha value is -1.36. The first-order valence-corrected chi connectivity index (χ1v) is 7.62. The van der Waals surface area contributed by atoms with Gasteiger partial charge in [-0.05, 0) is 36.7 Å². The standard InChI is InChI=1S/C16H21ClN2O2/c17-15-4-1-3-14(13-15)5-6-16(21)19-8-2-7-18(9-10-19)11-12-20/h1,3-6,13,20H,2,7-12H2. The van der Waals surface area contributed by atoms with Crippen molar-refractivity contribution in [1.82, 2.24) is 9.80 Å². The monoisotopic (exact) mass is 308 g/mol. The van der Waals surface area contributed by atoms with Crippen LogP contribution in [0, 0.1) is 0 Å². The van der Waals surface area contributed by atoms with E-state index in [1.54, 1.807) is 12.2 Å². The lowest BCUT2D eigenvalue weighted by molar-refractivity contribution is -0.125. The number of carbonyl (C=O) groups excluding carboxylic acids is 1. The van der Waals surface area contributed by atoms with E-state index in [-0.39, 0.29) is 12.5 Å². The van der Waals surface area contributed by atoms with E-state index in [4.69, 9.17) is 16.7 Å². The van der Waals surface area contributed by atoms with Crippen molar-refractivity contribution in [2.45, 2.75) is 6.42 Å². The Morgan fingerprint density at radius 3 is 2.90 bits per heavy atom. The zero-order valence-corrected chi connectivity index (χ0v) is 12.8. The van der Waals surface area contributed by atoms with Crippen molar-refractivity contribution in [2.75, 3.05) is 39.3 Å². The van der Waals surface area contributed by atoms with Crippen LogP contribution in [0.5, 0.6) is 0 Å². The minimum Gasteiger partial charge on any atom is -0.395 e. The summed E-state index contributed by atoms with van der Waals surface area (Å²) in [6.45, 7) is 4.07. The van der Waals surface area contributed by atoms with Crippen LogP contribution in [0.3, 0.4) is 0 Å². The number of amides is 1. The van der Waals surface area contributed by atoms with Gasteiger partial charge in [0.25, 0.3) is 0 Å². The predicted octanol–water partition coefficient (Wildman–Crippen LogP) is 1.88. The largest absolute Gasteiger partial charge is 0.395 e. The molecule has 1 aliphatic heterocycles. The molecule has 1 saturated heterocycles. The molecule has 0 unspecified atom stereocenters. The number of hydrogen-bond donors (Lipinski definition) is 1. The van der Waals surface area contributed by atoms with Gasteiger partial charge in [-0.1, -0.05) is 23.7 Å². The van der Waals surface area contributed by atoms with Gasteiger partial charge < -0.3 is 10.0 Å². The van der Waals surface area contributed by atoms with Crippen LogP contribution in [0.15, 0.2) is 30.3 Å². The second-order valence-corrected chi connectivity index (χ2v) is 5.57. The summed E-state index contributed by atoms with van der Waals surface area (Å²) in [5.41, 5.74) is 0.924. The number of aliphatic hydroxyl groups excluding tert-OH is 1.